The van der Waals surface area contributed by atoms with Crippen LogP contribution in [0.1, 0.15) is 42.6 Å². The Kier molecular flexibility index (Phi) is 2.87. The lowest BCUT2D eigenvalue weighted by molar-refractivity contribution is 0.525. The van der Waals surface area contributed by atoms with Crippen molar-refractivity contribution in [3.8, 4) is 0 Å². The van der Waals surface area contributed by atoms with E-state index in [-0.39, 0.29) is 0 Å². The Bertz CT molecular complexity index is 369. The first-order valence-corrected chi connectivity index (χ1v) is 6.46. The van der Waals surface area contributed by atoms with Gasteiger partial charge in [0.05, 0.1) is 0 Å². The van der Waals surface area contributed by atoms with Crippen molar-refractivity contribution < 1.29 is 0 Å². The summed E-state index contributed by atoms with van der Waals surface area (Å²) in [5.41, 5.74) is 3.98. The smallest absolute Gasteiger partial charge is 0.115 e. The Labute approximate surface area is 96.7 Å². The molecule has 0 aromatic carbocycles. The van der Waals surface area contributed by atoms with Crippen LogP contribution in [0.5, 0.6) is 0 Å². The van der Waals surface area contributed by atoms with Gasteiger partial charge in [-0.3, -0.25) is 0 Å². The van der Waals surface area contributed by atoms with Crippen molar-refractivity contribution >= 4 is 0 Å². The summed E-state index contributed by atoms with van der Waals surface area (Å²) >= 11 is 0. The molecule has 0 saturated heterocycles. The first kappa shape index (κ1) is 10.2. The summed E-state index contributed by atoms with van der Waals surface area (Å²) in [7, 11) is 0. The Balaban J connectivity index is 1.82. The van der Waals surface area contributed by atoms with Crippen molar-refractivity contribution in [1.82, 2.24) is 15.3 Å². The molecule has 3 nitrogen and oxygen atoms in total. The van der Waals surface area contributed by atoms with Gasteiger partial charge in [0.15, 0.2) is 0 Å². The Morgan fingerprint density at radius 2 is 2.12 bits per heavy atom. The standard InChI is InChI=1S/C13H19N3/c1-2-4-10(3-1)7-13-11-8-14-6-5-12(11)15-9-16-13/h9-10,14H,1-8H2. The third-order valence-electron chi connectivity index (χ3n) is 3.92. The summed E-state index contributed by atoms with van der Waals surface area (Å²) in [6.07, 6.45) is 9.61. The van der Waals surface area contributed by atoms with Crippen molar-refractivity contribution in [2.75, 3.05) is 6.54 Å². The molecule has 0 bridgehead atoms. The number of rotatable bonds is 2. The zero-order chi connectivity index (χ0) is 10.8. The maximum Gasteiger partial charge on any atom is 0.115 e. The van der Waals surface area contributed by atoms with Crippen molar-refractivity contribution in [2.45, 2.75) is 45.1 Å². The minimum absolute atomic E-state index is 0.876. The number of aromatic nitrogens is 2. The molecule has 86 valence electrons. The molecule has 0 amide bonds. The molecule has 0 atom stereocenters. The van der Waals surface area contributed by atoms with E-state index in [4.69, 9.17) is 0 Å². The van der Waals surface area contributed by atoms with E-state index in [1.54, 1.807) is 6.33 Å². The molecule has 1 fully saturated rings. The van der Waals surface area contributed by atoms with Gasteiger partial charge < -0.3 is 5.32 Å². The molecule has 1 N–H and O–H groups in total. The second-order valence-electron chi connectivity index (χ2n) is 5.03. The largest absolute Gasteiger partial charge is 0.312 e. The molecule has 0 unspecified atom stereocenters. The predicted octanol–water partition coefficient (Wildman–Crippen LogP) is 1.85. The van der Waals surface area contributed by atoms with Crippen LogP contribution in [0.15, 0.2) is 6.33 Å². The SMILES string of the molecule is c1nc2c(c(CC3CCCC3)n1)CNCC2. The van der Waals surface area contributed by atoms with Crippen LogP contribution >= 0.6 is 0 Å². The Morgan fingerprint density at radius 1 is 1.25 bits per heavy atom. The Morgan fingerprint density at radius 3 is 3.00 bits per heavy atom. The van der Waals surface area contributed by atoms with Gasteiger partial charge in [-0.1, -0.05) is 25.7 Å². The summed E-state index contributed by atoms with van der Waals surface area (Å²) in [4.78, 5) is 8.91. The summed E-state index contributed by atoms with van der Waals surface area (Å²) < 4.78 is 0. The van der Waals surface area contributed by atoms with Crippen molar-refractivity contribution in [3.63, 3.8) is 0 Å². The minimum Gasteiger partial charge on any atom is -0.312 e. The van der Waals surface area contributed by atoms with Gasteiger partial charge in [0.25, 0.3) is 0 Å². The molecule has 1 aliphatic carbocycles. The van der Waals surface area contributed by atoms with Crippen LogP contribution in [-0.2, 0) is 19.4 Å². The zero-order valence-corrected chi connectivity index (χ0v) is 9.71. The van der Waals surface area contributed by atoms with Crippen LogP contribution in [0.4, 0.5) is 0 Å². The van der Waals surface area contributed by atoms with E-state index in [1.165, 1.54) is 49.1 Å². The fraction of sp³-hybridized carbons (Fsp3) is 0.692. The maximum atomic E-state index is 4.50. The van der Waals surface area contributed by atoms with Crippen molar-refractivity contribution in [3.05, 3.63) is 23.3 Å². The molecule has 3 rings (SSSR count). The van der Waals surface area contributed by atoms with Gasteiger partial charge in [0.2, 0.25) is 0 Å². The molecular weight excluding hydrogens is 198 g/mol. The topological polar surface area (TPSA) is 37.8 Å². The maximum absolute atomic E-state index is 4.50. The third-order valence-corrected chi connectivity index (χ3v) is 3.92. The zero-order valence-electron chi connectivity index (χ0n) is 9.71. The molecule has 1 saturated carbocycles. The van der Waals surface area contributed by atoms with Gasteiger partial charge in [0.1, 0.15) is 6.33 Å². The van der Waals surface area contributed by atoms with Gasteiger partial charge in [-0.2, -0.15) is 0 Å². The highest BCUT2D eigenvalue weighted by Gasteiger charge is 2.20. The summed E-state index contributed by atoms with van der Waals surface area (Å²) in [6, 6.07) is 0. The highest BCUT2D eigenvalue weighted by atomic mass is 14.9. The number of nitrogens with one attached hydrogen (secondary N) is 1. The molecule has 2 heterocycles. The summed E-state index contributed by atoms with van der Waals surface area (Å²) in [6.45, 7) is 2.03. The van der Waals surface area contributed by atoms with Gasteiger partial charge in [-0.25, -0.2) is 9.97 Å². The fourth-order valence-electron chi connectivity index (χ4n) is 2.99. The van der Waals surface area contributed by atoms with Crippen LogP contribution in [-0.4, -0.2) is 16.5 Å². The quantitative estimate of drug-likeness (QED) is 0.821. The monoisotopic (exact) mass is 217 g/mol. The molecule has 16 heavy (non-hydrogen) atoms. The lowest BCUT2D eigenvalue weighted by atomic mass is 9.96. The number of hydrogen-bond acceptors (Lipinski definition) is 3. The average molecular weight is 217 g/mol. The fourth-order valence-corrected chi connectivity index (χ4v) is 2.99. The van der Waals surface area contributed by atoms with Crippen LogP contribution in [0, 0.1) is 5.92 Å². The molecular formula is C13H19N3. The molecule has 0 spiro atoms. The van der Waals surface area contributed by atoms with Gasteiger partial charge >= 0.3 is 0 Å². The average Bonchev–Trinajstić information content (AvgIpc) is 2.82. The van der Waals surface area contributed by atoms with Gasteiger partial charge in [-0.05, 0) is 12.3 Å². The van der Waals surface area contributed by atoms with E-state index in [9.17, 15) is 0 Å². The number of nitrogens with zero attached hydrogens (tertiary/aromatic N) is 2. The molecule has 1 aromatic rings. The summed E-state index contributed by atoms with van der Waals surface area (Å²) in [5.74, 6) is 0.876. The van der Waals surface area contributed by atoms with Crippen molar-refractivity contribution in [2.24, 2.45) is 5.92 Å². The molecule has 1 aliphatic heterocycles. The van der Waals surface area contributed by atoms with E-state index < -0.39 is 0 Å². The van der Waals surface area contributed by atoms with E-state index >= 15 is 0 Å². The lowest BCUT2D eigenvalue weighted by Gasteiger charge is -2.19. The summed E-state index contributed by atoms with van der Waals surface area (Å²) in [5, 5.41) is 3.43. The first-order chi connectivity index (χ1) is 7.93. The number of fused-ring (bicyclic) bond motifs is 1. The second kappa shape index (κ2) is 4.50. The van der Waals surface area contributed by atoms with Crippen LogP contribution in [0.3, 0.4) is 0 Å². The van der Waals surface area contributed by atoms with E-state index in [0.717, 1.165) is 25.4 Å². The van der Waals surface area contributed by atoms with E-state index in [1.807, 2.05) is 0 Å². The first-order valence-electron chi connectivity index (χ1n) is 6.46. The minimum atomic E-state index is 0.876. The van der Waals surface area contributed by atoms with Gasteiger partial charge in [-0.15, -0.1) is 0 Å². The predicted molar refractivity (Wildman–Crippen MR) is 63.1 cm³/mol. The van der Waals surface area contributed by atoms with Gasteiger partial charge in [0, 0.05) is 36.5 Å². The van der Waals surface area contributed by atoms with E-state index in [2.05, 4.69) is 15.3 Å². The normalized spacial score (nSPS) is 21.0. The third kappa shape index (κ3) is 1.96. The van der Waals surface area contributed by atoms with Crippen LogP contribution in [0.2, 0.25) is 0 Å². The van der Waals surface area contributed by atoms with E-state index in [0.29, 0.717) is 0 Å². The highest BCUT2D eigenvalue weighted by Crippen LogP contribution is 2.29. The van der Waals surface area contributed by atoms with Crippen LogP contribution < -0.4 is 5.32 Å². The molecule has 3 heteroatoms. The second-order valence-corrected chi connectivity index (χ2v) is 5.03. The highest BCUT2D eigenvalue weighted by molar-refractivity contribution is 5.27. The Hall–Kier alpha value is -0.960. The molecule has 1 aromatic heterocycles. The molecule has 0 radical (unpaired) electrons. The van der Waals surface area contributed by atoms with Crippen LogP contribution in [0.25, 0.3) is 0 Å². The molecule has 2 aliphatic rings. The number of hydrogen-bond donors (Lipinski definition) is 1. The van der Waals surface area contributed by atoms with Crippen molar-refractivity contribution in [1.29, 1.82) is 0 Å². The lowest BCUT2D eigenvalue weighted by Crippen LogP contribution is -2.26.